The number of ether oxygens (including phenoxy) is 4. The molecule has 2 aliphatic rings. The van der Waals surface area contributed by atoms with Crippen LogP contribution < -0.4 is 24.3 Å². The van der Waals surface area contributed by atoms with Crippen molar-refractivity contribution >= 4 is 11.7 Å². The molecule has 204 valence electrons. The number of nitrogens with zero attached hydrogens (tertiary/aromatic N) is 3. The first-order valence-corrected chi connectivity index (χ1v) is 13.1. The molecule has 0 saturated carbocycles. The van der Waals surface area contributed by atoms with E-state index >= 15 is 0 Å². The van der Waals surface area contributed by atoms with Gasteiger partial charge in [0.2, 0.25) is 11.7 Å². The number of benzene rings is 3. The Balaban J connectivity index is 1.30. The van der Waals surface area contributed by atoms with Crippen LogP contribution in [0.1, 0.15) is 41.5 Å². The number of ketones is 1. The van der Waals surface area contributed by atoms with Crippen molar-refractivity contribution in [2.24, 2.45) is 0 Å². The first-order chi connectivity index (χ1) is 19.6. The second-order valence-electron chi connectivity index (χ2n) is 9.78. The summed E-state index contributed by atoms with van der Waals surface area (Å²) in [6.07, 6.45) is 2.48. The van der Waals surface area contributed by atoms with Crippen LogP contribution >= 0.6 is 0 Å². The average Bonchev–Trinajstić information content (AvgIpc) is 3.47. The molecular formula is C31H30N4O5. The molecule has 1 N–H and O–H groups in total. The van der Waals surface area contributed by atoms with Gasteiger partial charge in [0, 0.05) is 17.7 Å². The highest BCUT2D eigenvalue weighted by Gasteiger charge is 2.39. The topological polar surface area (TPSA) is 96.7 Å². The van der Waals surface area contributed by atoms with Gasteiger partial charge in [-0.25, -0.2) is 4.68 Å². The van der Waals surface area contributed by atoms with Gasteiger partial charge in [-0.3, -0.25) is 4.79 Å². The van der Waals surface area contributed by atoms with E-state index in [4.69, 9.17) is 18.9 Å². The molecule has 3 aromatic carbocycles. The van der Waals surface area contributed by atoms with Crippen molar-refractivity contribution in [3.63, 3.8) is 0 Å². The Morgan fingerprint density at radius 1 is 0.900 bits per heavy atom. The zero-order valence-corrected chi connectivity index (χ0v) is 22.6. The Labute approximate surface area is 232 Å². The summed E-state index contributed by atoms with van der Waals surface area (Å²) in [6.45, 7) is 0.483. The normalized spacial score (nSPS) is 17.9. The molecule has 6 rings (SSSR count). The van der Waals surface area contributed by atoms with Crippen LogP contribution in [0.5, 0.6) is 23.0 Å². The number of aromatic nitrogens is 3. The van der Waals surface area contributed by atoms with E-state index in [0.717, 1.165) is 28.1 Å². The molecule has 1 aliphatic carbocycles. The van der Waals surface area contributed by atoms with Crippen molar-refractivity contribution in [2.75, 3.05) is 26.6 Å². The number of allylic oxidation sites excluding steroid dienone is 2. The number of carbonyl (C=O) groups excluding carboxylic acids is 1. The van der Waals surface area contributed by atoms with Crippen LogP contribution in [0.15, 0.2) is 84.3 Å². The Bertz CT molecular complexity index is 1540. The second-order valence-corrected chi connectivity index (χ2v) is 9.78. The first-order valence-electron chi connectivity index (χ1n) is 13.1. The van der Waals surface area contributed by atoms with Crippen LogP contribution in [0, 0.1) is 0 Å². The largest absolute Gasteiger partial charge is 0.493 e. The monoisotopic (exact) mass is 538 g/mol. The SMILES string of the molecule is COc1cc([C@H]2CC(=O)C3=C(C2)Nc2ncnn2[C@@H]3c2ccc(OCc3ccccc3)cc2)cc(OC)c1OC. The van der Waals surface area contributed by atoms with Crippen molar-refractivity contribution in [1.29, 1.82) is 0 Å². The highest BCUT2D eigenvalue weighted by molar-refractivity contribution is 6.00. The van der Waals surface area contributed by atoms with E-state index in [2.05, 4.69) is 15.4 Å². The number of carbonyl (C=O) groups is 1. The maximum Gasteiger partial charge on any atom is 0.226 e. The third kappa shape index (κ3) is 4.64. The predicted octanol–water partition coefficient (Wildman–Crippen LogP) is 5.30. The van der Waals surface area contributed by atoms with Gasteiger partial charge in [-0.05, 0) is 53.3 Å². The Morgan fingerprint density at radius 2 is 1.62 bits per heavy atom. The Morgan fingerprint density at radius 3 is 2.30 bits per heavy atom. The first kappa shape index (κ1) is 25.5. The number of Topliss-reactive ketones (excluding diaryl/α,β-unsaturated/α-hetero) is 1. The van der Waals surface area contributed by atoms with Gasteiger partial charge in [0.25, 0.3) is 0 Å². The molecule has 1 aliphatic heterocycles. The summed E-state index contributed by atoms with van der Waals surface area (Å²) in [5.41, 5.74) is 4.54. The molecule has 40 heavy (non-hydrogen) atoms. The predicted molar refractivity (Wildman–Crippen MR) is 149 cm³/mol. The van der Waals surface area contributed by atoms with Crippen molar-refractivity contribution in [3.8, 4) is 23.0 Å². The van der Waals surface area contributed by atoms with Gasteiger partial charge in [0.1, 0.15) is 24.7 Å². The van der Waals surface area contributed by atoms with E-state index in [0.29, 0.717) is 48.2 Å². The van der Waals surface area contributed by atoms with Gasteiger partial charge in [-0.1, -0.05) is 42.5 Å². The van der Waals surface area contributed by atoms with Crippen molar-refractivity contribution in [2.45, 2.75) is 31.4 Å². The van der Waals surface area contributed by atoms with Gasteiger partial charge >= 0.3 is 0 Å². The third-order valence-electron chi connectivity index (χ3n) is 7.46. The van der Waals surface area contributed by atoms with E-state index in [9.17, 15) is 4.79 Å². The molecule has 0 saturated heterocycles. The Kier molecular flexibility index (Phi) is 6.86. The molecule has 0 radical (unpaired) electrons. The number of hydrogen-bond acceptors (Lipinski definition) is 8. The van der Waals surface area contributed by atoms with Gasteiger partial charge in [0.05, 0.1) is 21.3 Å². The third-order valence-corrected chi connectivity index (χ3v) is 7.46. The molecule has 0 amide bonds. The minimum Gasteiger partial charge on any atom is -0.493 e. The van der Waals surface area contributed by atoms with Gasteiger partial charge in [-0.2, -0.15) is 10.1 Å². The highest BCUT2D eigenvalue weighted by Crippen LogP contribution is 2.47. The summed E-state index contributed by atoms with van der Waals surface area (Å²) in [4.78, 5) is 18.2. The van der Waals surface area contributed by atoms with Gasteiger partial charge < -0.3 is 24.3 Å². The van der Waals surface area contributed by atoms with Crippen LogP contribution in [-0.2, 0) is 11.4 Å². The second kappa shape index (κ2) is 10.8. The lowest BCUT2D eigenvalue weighted by molar-refractivity contribution is -0.116. The van der Waals surface area contributed by atoms with Crippen LogP contribution in [0.4, 0.5) is 5.95 Å². The summed E-state index contributed by atoms with van der Waals surface area (Å²) in [5.74, 6) is 2.99. The fourth-order valence-electron chi connectivity index (χ4n) is 5.52. The summed E-state index contributed by atoms with van der Waals surface area (Å²) in [7, 11) is 4.75. The molecule has 9 nitrogen and oxygen atoms in total. The van der Waals surface area contributed by atoms with Crippen LogP contribution in [0.3, 0.4) is 0 Å². The lowest BCUT2D eigenvalue weighted by atomic mass is 9.77. The molecule has 2 atom stereocenters. The number of methoxy groups -OCH3 is 3. The lowest BCUT2D eigenvalue weighted by Crippen LogP contribution is -2.33. The summed E-state index contributed by atoms with van der Waals surface area (Å²) in [6, 6.07) is 21.3. The lowest BCUT2D eigenvalue weighted by Gasteiger charge is -2.35. The average molecular weight is 539 g/mol. The standard InChI is InChI=1S/C31H30N4O5/c1-37-26-15-22(16-27(38-2)30(26)39-3)21-13-24-28(25(36)14-21)29(35-31(34-24)32-18-33-35)20-9-11-23(12-10-20)40-17-19-7-5-4-6-8-19/h4-12,15-16,18,21,29H,13-14,17H2,1-3H3,(H,32,33,34)/t21-,29-/m1/s1. The number of fused-ring (bicyclic) bond motifs is 1. The molecule has 0 fully saturated rings. The van der Waals surface area contributed by atoms with Crippen molar-refractivity contribution in [1.82, 2.24) is 14.8 Å². The summed E-state index contributed by atoms with van der Waals surface area (Å²) < 4.78 is 24.3. The number of anilines is 1. The Hall–Kier alpha value is -4.79. The van der Waals surface area contributed by atoms with Crippen molar-refractivity contribution < 1.29 is 23.7 Å². The summed E-state index contributed by atoms with van der Waals surface area (Å²) >= 11 is 0. The van der Waals surface area contributed by atoms with E-state index in [1.807, 2.05) is 66.7 Å². The van der Waals surface area contributed by atoms with E-state index in [1.165, 1.54) is 6.33 Å². The quantitative estimate of drug-likeness (QED) is 0.323. The number of rotatable bonds is 8. The molecule has 0 unspecified atom stereocenters. The van der Waals surface area contributed by atoms with E-state index in [1.54, 1.807) is 26.0 Å². The maximum absolute atomic E-state index is 13.8. The van der Waals surface area contributed by atoms with Crippen LogP contribution in [-0.4, -0.2) is 41.9 Å². The fourth-order valence-corrected chi connectivity index (χ4v) is 5.52. The molecule has 0 spiro atoms. The molecule has 2 heterocycles. The molecule has 9 heteroatoms. The smallest absolute Gasteiger partial charge is 0.226 e. The fraction of sp³-hybridized carbons (Fsp3) is 0.258. The van der Waals surface area contributed by atoms with Crippen LogP contribution in [0.2, 0.25) is 0 Å². The van der Waals surface area contributed by atoms with Gasteiger partial charge in [0.15, 0.2) is 17.3 Å². The molecule has 0 bridgehead atoms. The molecule has 1 aromatic heterocycles. The van der Waals surface area contributed by atoms with E-state index < -0.39 is 0 Å². The zero-order valence-electron chi connectivity index (χ0n) is 22.6. The number of nitrogens with one attached hydrogen (secondary N) is 1. The zero-order chi connectivity index (χ0) is 27.6. The minimum atomic E-state index is -0.384. The number of hydrogen-bond donors (Lipinski definition) is 1. The van der Waals surface area contributed by atoms with E-state index in [-0.39, 0.29) is 17.7 Å². The summed E-state index contributed by atoms with van der Waals surface area (Å²) in [5, 5.41) is 7.83. The molecular weight excluding hydrogens is 508 g/mol. The minimum absolute atomic E-state index is 0.0584. The van der Waals surface area contributed by atoms with Crippen molar-refractivity contribution in [3.05, 3.63) is 101 Å². The highest BCUT2D eigenvalue weighted by atomic mass is 16.5. The van der Waals surface area contributed by atoms with Gasteiger partial charge in [-0.15, -0.1) is 0 Å². The maximum atomic E-state index is 13.8. The molecule has 4 aromatic rings. The van der Waals surface area contributed by atoms with Crippen LogP contribution in [0.25, 0.3) is 0 Å².